The highest BCUT2D eigenvalue weighted by atomic mass is 35.5. The summed E-state index contributed by atoms with van der Waals surface area (Å²) in [6.07, 6.45) is 1.43. The van der Waals surface area contributed by atoms with Crippen molar-refractivity contribution < 1.29 is 14.3 Å². The van der Waals surface area contributed by atoms with E-state index in [4.69, 9.17) is 16.3 Å². The molecule has 0 saturated heterocycles. The molecule has 0 aliphatic heterocycles. The molecule has 0 bridgehead atoms. The number of rotatable bonds is 10. The van der Waals surface area contributed by atoms with E-state index in [-0.39, 0.29) is 25.0 Å². The maximum Gasteiger partial charge on any atom is 0.261 e. The normalized spacial score (nSPS) is 11.6. The topological polar surface area (TPSA) is 58.6 Å². The van der Waals surface area contributed by atoms with Crippen molar-refractivity contribution in [3.63, 3.8) is 0 Å². The molecular weight excluding hydrogens is 388 g/mol. The summed E-state index contributed by atoms with van der Waals surface area (Å²) in [5.41, 5.74) is 1.99. The minimum absolute atomic E-state index is 0.147. The van der Waals surface area contributed by atoms with E-state index in [0.717, 1.165) is 12.0 Å². The van der Waals surface area contributed by atoms with Gasteiger partial charge in [-0.25, -0.2) is 0 Å². The molecular formula is C23H29ClN2O3. The van der Waals surface area contributed by atoms with Crippen molar-refractivity contribution in [3.8, 4) is 5.75 Å². The first-order chi connectivity index (χ1) is 14.0. The number of likely N-dealkylation sites (N-methyl/N-ethyl adjacent to an activating group) is 1. The van der Waals surface area contributed by atoms with Crippen molar-refractivity contribution in [1.29, 1.82) is 0 Å². The second-order valence-electron chi connectivity index (χ2n) is 6.72. The minimum Gasteiger partial charge on any atom is -0.484 e. The average molecular weight is 417 g/mol. The summed E-state index contributed by atoms with van der Waals surface area (Å²) in [6.45, 7) is 6.42. The van der Waals surface area contributed by atoms with Gasteiger partial charge in [-0.3, -0.25) is 9.59 Å². The Morgan fingerprint density at radius 1 is 1.07 bits per heavy atom. The average Bonchev–Trinajstić information content (AvgIpc) is 2.73. The zero-order chi connectivity index (χ0) is 21.2. The zero-order valence-electron chi connectivity index (χ0n) is 17.3. The molecule has 0 unspecified atom stereocenters. The van der Waals surface area contributed by atoms with Crippen molar-refractivity contribution in [2.75, 3.05) is 13.2 Å². The van der Waals surface area contributed by atoms with E-state index in [0.29, 0.717) is 23.7 Å². The number of hydrogen-bond acceptors (Lipinski definition) is 3. The molecule has 1 N–H and O–H groups in total. The van der Waals surface area contributed by atoms with Crippen molar-refractivity contribution in [2.24, 2.45) is 0 Å². The van der Waals surface area contributed by atoms with Crippen molar-refractivity contribution in [3.05, 3.63) is 64.7 Å². The van der Waals surface area contributed by atoms with Gasteiger partial charge in [-0.2, -0.15) is 0 Å². The molecule has 0 aromatic heterocycles. The molecule has 2 aromatic carbocycles. The number of amides is 2. The van der Waals surface area contributed by atoms with Gasteiger partial charge in [0, 0.05) is 18.1 Å². The van der Waals surface area contributed by atoms with Crippen LogP contribution in [-0.2, 0) is 22.6 Å². The van der Waals surface area contributed by atoms with E-state index in [1.54, 1.807) is 11.0 Å². The molecule has 0 spiro atoms. The minimum atomic E-state index is -0.593. The van der Waals surface area contributed by atoms with E-state index >= 15 is 0 Å². The highest BCUT2D eigenvalue weighted by Crippen LogP contribution is 2.20. The summed E-state index contributed by atoms with van der Waals surface area (Å²) >= 11 is 6.29. The number of nitrogens with one attached hydrogen (secondary N) is 1. The van der Waals surface area contributed by atoms with Gasteiger partial charge >= 0.3 is 0 Å². The van der Waals surface area contributed by atoms with E-state index < -0.39 is 6.04 Å². The molecule has 5 nitrogen and oxygen atoms in total. The second-order valence-corrected chi connectivity index (χ2v) is 7.13. The lowest BCUT2D eigenvalue weighted by Gasteiger charge is -2.30. The van der Waals surface area contributed by atoms with E-state index in [1.165, 1.54) is 5.56 Å². The molecule has 29 heavy (non-hydrogen) atoms. The Kier molecular flexibility index (Phi) is 9.00. The standard InChI is InChI=1S/C23H29ClN2O3/c1-4-17-11-13-19(14-12-17)29-16-22(27)26(21(5-2)23(28)25-6-3)15-18-9-7-8-10-20(18)24/h7-14,21H,4-6,15-16H2,1-3H3,(H,25,28)/t21-/m0/s1. The number of carbonyl (C=O) groups is 2. The lowest BCUT2D eigenvalue weighted by Crippen LogP contribution is -2.50. The first-order valence-corrected chi connectivity index (χ1v) is 10.4. The Labute approximate surface area is 178 Å². The van der Waals surface area contributed by atoms with Crippen molar-refractivity contribution in [2.45, 2.75) is 46.2 Å². The maximum atomic E-state index is 13.0. The quantitative estimate of drug-likeness (QED) is 0.630. The molecule has 2 amide bonds. The number of aryl methyl sites for hydroxylation is 1. The van der Waals surface area contributed by atoms with Crippen LogP contribution in [-0.4, -0.2) is 35.9 Å². The SMILES string of the molecule is CCNC(=O)[C@H](CC)N(Cc1ccccc1Cl)C(=O)COc1ccc(CC)cc1. The monoisotopic (exact) mass is 416 g/mol. The van der Waals surface area contributed by atoms with Crippen LogP contribution in [0.2, 0.25) is 5.02 Å². The molecule has 2 rings (SSSR count). The molecule has 0 saturated carbocycles. The number of benzene rings is 2. The smallest absolute Gasteiger partial charge is 0.261 e. The highest BCUT2D eigenvalue weighted by molar-refractivity contribution is 6.31. The molecule has 2 aromatic rings. The van der Waals surface area contributed by atoms with Crippen LogP contribution in [0.3, 0.4) is 0 Å². The third-order valence-corrected chi connectivity index (χ3v) is 5.10. The van der Waals surface area contributed by atoms with Crippen molar-refractivity contribution in [1.82, 2.24) is 10.2 Å². The first-order valence-electron chi connectivity index (χ1n) is 10.0. The van der Waals surface area contributed by atoms with Crippen molar-refractivity contribution >= 4 is 23.4 Å². The zero-order valence-corrected chi connectivity index (χ0v) is 18.0. The van der Waals surface area contributed by atoms with Crippen LogP contribution in [0.1, 0.15) is 38.3 Å². The molecule has 0 fully saturated rings. The van der Waals surface area contributed by atoms with E-state index in [2.05, 4.69) is 12.2 Å². The Balaban J connectivity index is 2.18. The summed E-state index contributed by atoms with van der Waals surface area (Å²) < 4.78 is 5.69. The Morgan fingerprint density at radius 3 is 2.34 bits per heavy atom. The van der Waals surface area contributed by atoms with Crippen LogP contribution in [0.4, 0.5) is 0 Å². The number of ether oxygens (including phenoxy) is 1. The molecule has 0 radical (unpaired) electrons. The highest BCUT2D eigenvalue weighted by Gasteiger charge is 2.29. The largest absolute Gasteiger partial charge is 0.484 e. The molecule has 0 aliphatic rings. The predicted octanol–water partition coefficient (Wildman–Crippen LogP) is 4.22. The van der Waals surface area contributed by atoms with Crippen LogP contribution in [0.5, 0.6) is 5.75 Å². The van der Waals surface area contributed by atoms with Gasteiger partial charge in [0.2, 0.25) is 5.91 Å². The number of nitrogens with zero attached hydrogens (tertiary/aromatic N) is 1. The lowest BCUT2D eigenvalue weighted by molar-refractivity contribution is -0.142. The van der Waals surface area contributed by atoms with Crippen LogP contribution in [0, 0.1) is 0 Å². The fourth-order valence-electron chi connectivity index (χ4n) is 3.07. The van der Waals surface area contributed by atoms with Crippen LogP contribution in [0.25, 0.3) is 0 Å². The number of hydrogen-bond donors (Lipinski definition) is 1. The van der Waals surface area contributed by atoms with Gasteiger partial charge < -0.3 is 15.0 Å². The van der Waals surface area contributed by atoms with Crippen LogP contribution in [0.15, 0.2) is 48.5 Å². The molecule has 6 heteroatoms. The second kappa shape index (κ2) is 11.5. The van der Waals surface area contributed by atoms with Gasteiger partial charge in [0.15, 0.2) is 6.61 Å². The van der Waals surface area contributed by atoms with Gasteiger partial charge in [0.1, 0.15) is 11.8 Å². The fraction of sp³-hybridized carbons (Fsp3) is 0.391. The summed E-state index contributed by atoms with van der Waals surface area (Å²) in [4.78, 5) is 27.2. The first kappa shape index (κ1) is 22.8. The molecule has 0 aliphatic carbocycles. The number of halogens is 1. The Morgan fingerprint density at radius 2 is 1.76 bits per heavy atom. The third kappa shape index (κ3) is 6.50. The molecule has 1 atom stereocenters. The maximum absolute atomic E-state index is 13.0. The summed E-state index contributed by atoms with van der Waals surface area (Å²) in [5.74, 6) is 0.185. The van der Waals surface area contributed by atoms with Gasteiger partial charge in [-0.1, -0.05) is 55.8 Å². The molecule has 0 heterocycles. The summed E-state index contributed by atoms with van der Waals surface area (Å²) in [5, 5.41) is 3.37. The van der Waals surface area contributed by atoms with Crippen LogP contribution < -0.4 is 10.1 Å². The van der Waals surface area contributed by atoms with E-state index in [1.807, 2.05) is 56.3 Å². The van der Waals surface area contributed by atoms with E-state index in [9.17, 15) is 9.59 Å². The van der Waals surface area contributed by atoms with Gasteiger partial charge in [0.05, 0.1) is 0 Å². The van der Waals surface area contributed by atoms with Crippen LogP contribution >= 0.6 is 11.6 Å². The lowest BCUT2D eigenvalue weighted by atomic mass is 10.1. The van der Waals surface area contributed by atoms with Gasteiger partial charge in [-0.15, -0.1) is 0 Å². The predicted molar refractivity (Wildman–Crippen MR) is 116 cm³/mol. The molecule has 156 valence electrons. The summed E-state index contributed by atoms with van der Waals surface area (Å²) in [6, 6.07) is 14.4. The Bertz CT molecular complexity index is 808. The number of carbonyl (C=O) groups excluding carboxylic acids is 2. The third-order valence-electron chi connectivity index (χ3n) is 4.73. The summed E-state index contributed by atoms with van der Waals surface area (Å²) in [7, 11) is 0. The fourth-order valence-corrected chi connectivity index (χ4v) is 3.27. The van der Waals surface area contributed by atoms with Gasteiger partial charge in [0.25, 0.3) is 5.91 Å². The van der Waals surface area contributed by atoms with Gasteiger partial charge in [-0.05, 0) is 49.1 Å². The Hall–Kier alpha value is -2.53.